The molecule has 0 heterocycles. The smallest absolute Gasteiger partial charge is 0.313 e. The van der Waals surface area contributed by atoms with Gasteiger partial charge in [-0.25, -0.2) is 0 Å². The molecule has 0 atom stereocenters. The van der Waals surface area contributed by atoms with E-state index in [9.17, 15) is 9.90 Å². The van der Waals surface area contributed by atoms with Crippen LogP contribution < -0.4 is 0 Å². The van der Waals surface area contributed by atoms with E-state index in [0.717, 1.165) is 5.56 Å². The number of rotatable bonds is 3. The summed E-state index contributed by atoms with van der Waals surface area (Å²) in [6.07, 6.45) is 3.67. The predicted molar refractivity (Wildman–Crippen MR) is 63.7 cm³/mol. The molecule has 86 valence electrons. The zero-order valence-electron chi connectivity index (χ0n) is 9.86. The molecule has 2 heteroatoms. The molecule has 1 aromatic rings. The SMILES string of the molecule is CC(C)(C(=O)O)c1ccccc1C1CCC1. The Morgan fingerprint density at radius 2 is 1.94 bits per heavy atom. The number of carbonyl (C=O) groups is 1. The van der Waals surface area contributed by atoms with Crippen molar-refractivity contribution in [2.75, 3.05) is 0 Å². The molecule has 2 nitrogen and oxygen atoms in total. The molecule has 16 heavy (non-hydrogen) atoms. The third-order valence-corrected chi connectivity index (χ3v) is 3.71. The molecule has 1 saturated carbocycles. The lowest BCUT2D eigenvalue weighted by atomic mass is 9.72. The summed E-state index contributed by atoms with van der Waals surface area (Å²) in [5.41, 5.74) is 1.43. The van der Waals surface area contributed by atoms with E-state index >= 15 is 0 Å². The van der Waals surface area contributed by atoms with Crippen molar-refractivity contribution in [3.8, 4) is 0 Å². The second-order valence-corrected chi connectivity index (χ2v) is 5.15. The average molecular weight is 218 g/mol. The van der Waals surface area contributed by atoms with Gasteiger partial charge in [-0.15, -0.1) is 0 Å². The van der Waals surface area contributed by atoms with Crippen LogP contribution in [0.15, 0.2) is 24.3 Å². The highest BCUT2D eigenvalue weighted by molar-refractivity contribution is 5.81. The summed E-state index contributed by atoms with van der Waals surface area (Å²) in [6.45, 7) is 3.57. The average Bonchev–Trinajstić information content (AvgIpc) is 2.15. The third kappa shape index (κ3) is 1.73. The highest BCUT2D eigenvalue weighted by atomic mass is 16.4. The lowest BCUT2D eigenvalue weighted by Crippen LogP contribution is -2.30. The van der Waals surface area contributed by atoms with Crippen LogP contribution in [0.1, 0.15) is 50.2 Å². The fraction of sp³-hybridized carbons (Fsp3) is 0.500. The highest BCUT2D eigenvalue weighted by Gasteiger charge is 2.34. The molecule has 0 saturated heterocycles. The van der Waals surface area contributed by atoms with Crippen molar-refractivity contribution in [3.05, 3.63) is 35.4 Å². The Morgan fingerprint density at radius 3 is 2.44 bits per heavy atom. The van der Waals surface area contributed by atoms with E-state index in [0.29, 0.717) is 5.92 Å². The fourth-order valence-corrected chi connectivity index (χ4v) is 2.26. The lowest BCUT2D eigenvalue weighted by molar-refractivity contribution is -0.142. The first-order valence-corrected chi connectivity index (χ1v) is 5.86. The van der Waals surface area contributed by atoms with Crippen LogP contribution in [-0.4, -0.2) is 11.1 Å². The van der Waals surface area contributed by atoms with Gasteiger partial charge in [-0.2, -0.15) is 0 Å². The first kappa shape index (κ1) is 11.2. The molecule has 0 radical (unpaired) electrons. The Morgan fingerprint density at radius 1 is 1.31 bits per heavy atom. The number of carboxylic acids is 1. The van der Waals surface area contributed by atoms with Crippen molar-refractivity contribution >= 4 is 5.97 Å². The molecule has 0 unspecified atom stereocenters. The van der Waals surface area contributed by atoms with Crippen LogP contribution in [0, 0.1) is 0 Å². The minimum atomic E-state index is -0.786. The molecule has 1 N–H and O–H groups in total. The summed E-state index contributed by atoms with van der Waals surface area (Å²) >= 11 is 0. The largest absolute Gasteiger partial charge is 0.481 e. The van der Waals surface area contributed by atoms with Gasteiger partial charge >= 0.3 is 5.97 Å². The van der Waals surface area contributed by atoms with Gasteiger partial charge in [0.25, 0.3) is 0 Å². The number of benzene rings is 1. The molecule has 0 spiro atoms. The van der Waals surface area contributed by atoms with E-state index in [-0.39, 0.29) is 0 Å². The van der Waals surface area contributed by atoms with Gasteiger partial charge in [0.15, 0.2) is 0 Å². The van der Waals surface area contributed by atoms with Gasteiger partial charge in [-0.3, -0.25) is 4.79 Å². The number of hydrogen-bond donors (Lipinski definition) is 1. The summed E-state index contributed by atoms with van der Waals surface area (Å²) in [5.74, 6) is -0.172. The minimum absolute atomic E-state index is 0.579. The Labute approximate surface area is 96.3 Å². The summed E-state index contributed by atoms with van der Waals surface area (Å²) < 4.78 is 0. The molecular weight excluding hydrogens is 200 g/mol. The van der Waals surface area contributed by atoms with Crippen LogP contribution in [0.2, 0.25) is 0 Å². The van der Waals surface area contributed by atoms with Gasteiger partial charge in [0, 0.05) is 0 Å². The van der Waals surface area contributed by atoms with E-state index in [4.69, 9.17) is 0 Å². The normalized spacial score (nSPS) is 16.9. The Bertz CT molecular complexity index is 403. The molecule has 2 rings (SSSR count). The van der Waals surface area contributed by atoms with Crippen LogP contribution in [0.25, 0.3) is 0 Å². The summed E-state index contributed by atoms with van der Waals surface area (Å²) in [7, 11) is 0. The molecule has 0 aliphatic heterocycles. The molecule has 0 aromatic heterocycles. The highest BCUT2D eigenvalue weighted by Crippen LogP contribution is 2.41. The van der Waals surface area contributed by atoms with Gasteiger partial charge in [-0.05, 0) is 43.7 Å². The number of carboxylic acid groups (broad SMARTS) is 1. The Hall–Kier alpha value is -1.31. The van der Waals surface area contributed by atoms with Crippen LogP contribution in [0.3, 0.4) is 0 Å². The fourth-order valence-electron chi connectivity index (χ4n) is 2.26. The molecule has 1 aliphatic carbocycles. The second kappa shape index (κ2) is 3.93. The maximum atomic E-state index is 11.3. The molecule has 1 fully saturated rings. The topological polar surface area (TPSA) is 37.3 Å². The van der Waals surface area contributed by atoms with Crippen molar-refractivity contribution in [1.29, 1.82) is 0 Å². The quantitative estimate of drug-likeness (QED) is 0.845. The van der Waals surface area contributed by atoms with Gasteiger partial charge in [-0.1, -0.05) is 30.7 Å². The van der Waals surface area contributed by atoms with Crippen molar-refractivity contribution in [2.45, 2.75) is 44.4 Å². The first-order chi connectivity index (χ1) is 7.53. The van der Waals surface area contributed by atoms with E-state index in [2.05, 4.69) is 6.07 Å². The van der Waals surface area contributed by atoms with Crippen molar-refractivity contribution in [1.82, 2.24) is 0 Å². The summed E-state index contributed by atoms with van der Waals surface area (Å²) in [5, 5.41) is 9.29. The molecular formula is C14H18O2. The van der Waals surface area contributed by atoms with Crippen molar-refractivity contribution in [2.24, 2.45) is 0 Å². The Balaban J connectivity index is 2.43. The van der Waals surface area contributed by atoms with Crippen molar-refractivity contribution in [3.63, 3.8) is 0 Å². The van der Waals surface area contributed by atoms with E-state index < -0.39 is 11.4 Å². The van der Waals surface area contributed by atoms with Gasteiger partial charge < -0.3 is 5.11 Å². The molecule has 0 bridgehead atoms. The van der Waals surface area contributed by atoms with E-state index in [1.807, 2.05) is 18.2 Å². The van der Waals surface area contributed by atoms with Crippen molar-refractivity contribution < 1.29 is 9.90 Å². The zero-order valence-corrected chi connectivity index (χ0v) is 9.86. The second-order valence-electron chi connectivity index (χ2n) is 5.15. The maximum Gasteiger partial charge on any atom is 0.313 e. The predicted octanol–water partition coefficient (Wildman–Crippen LogP) is 3.32. The standard InChI is InChI=1S/C14H18O2/c1-14(2,13(15)16)12-9-4-3-8-11(12)10-6-5-7-10/h3-4,8-10H,5-7H2,1-2H3,(H,15,16). The van der Waals surface area contributed by atoms with Crippen LogP contribution in [0.4, 0.5) is 0 Å². The lowest BCUT2D eigenvalue weighted by Gasteiger charge is -2.32. The zero-order chi connectivity index (χ0) is 11.8. The molecule has 1 aromatic carbocycles. The molecule has 1 aliphatic rings. The Kier molecular flexibility index (Phi) is 2.75. The maximum absolute atomic E-state index is 11.3. The summed E-state index contributed by atoms with van der Waals surface area (Å²) in [4.78, 5) is 11.3. The minimum Gasteiger partial charge on any atom is -0.481 e. The first-order valence-electron chi connectivity index (χ1n) is 5.86. The van der Waals surface area contributed by atoms with Crippen LogP contribution in [0.5, 0.6) is 0 Å². The molecule has 0 amide bonds. The third-order valence-electron chi connectivity index (χ3n) is 3.71. The van der Waals surface area contributed by atoms with E-state index in [1.165, 1.54) is 24.8 Å². The number of aliphatic carboxylic acids is 1. The van der Waals surface area contributed by atoms with Gasteiger partial charge in [0.2, 0.25) is 0 Å². The van der Waals surface area contributed by atoms with Crippen LogP contribution >= 0.6 is 0 Å². The summed E-state index contributed by atoms with van der Waals surface area (Å²) in [6, 6.07) is 7.99. The monoisotopic (exact) mass is 218 g/mol. The van der Waals surface area contributed by atoms with Gasteiger partial charge in [0.05, 0.1) is 5.41 Å². The van der Waals surface area contributed by atoms with Gasteiger partial charge in [0.1, 0.15) is 0 Å². The number of hydrogen-bond acceptors (Lipinski definition) is 1. The van der Waals surface area contributed by atoms with Crippen LogP contribution in [-0.2, 0) is 10.2 Å². The van der Waals surface area contributed by atoms with E-state index in [1.54, 1.807) is 13.8 Å².